The first-order chi connectivity index (χ1) is 18.6. The molecule has 0 unspecified atom stereocenters. The zero-order valence-electron chi connectivity index (χ0n) is 21.5. The molecule has 7 heteroatoms. The molecule has 0 saturated heterocycles. The number of amides is 1. The number of nitrogens with one attached hydrogen (secondary N) is 3. The highest BCUT2D eigenvalue weighted by atomic mass is 16.2. The van der Waals surface area contributed by atoms with Gasteiger partial charge in [0.15, 0.2) is 0 Å². The molecular weight excluding hydrogens is 472 g/mol. The van der Waals surface area contributed by atoms with Gasteiger partial charge in [-0.2, -0.15) is 0 Å². The van der Waals surface area contributed by atoms with Gasteiger partial charge in [-0.15, -0.1) is 0 Å². The van der Waals surface area contributed by atoms with Gasteiger partial charge in [-0.1, -0.05) is 78.9 Å². The Morgan fingerprint density at radius 3 is 2.13 bits per heavy atom. The normalized spacial score (nSPS) is 11.6. The van der Waals surface area contributed by atoms with Gasteiger partial charge in [-0.3, -0.25) is 20.4 Å². The Kier molecular flexibility index (Phi) is 7.54. The van der Waals surface area contributed by atoms with Crippen LogP contribution in [0, 0.1) is 13.8 Å². The highest BCUT2D eigenvalue weighted by molar-refractivity contribution is 6.06. The molecule has 0 aliphatic heterocycles. The summed E-state index contributed by atoms with van der Waals surface area (Å²) in [7, 11) is 0. The van der Waals surface area contributed by atoms with E-state index in [0.717, 1.165) is 28.0 Å². The summed E-state index contributed by atoms with van der Waals surface area (Å²) in [6, 6.07) is 29.6. The van der Waals surface area contributed by atoms with Crippen LogP contribution in [0.5, 0.6) is 0 Å². The molecule has 0 bridgehead atoms. The van der Waals surface area contributed by atoms with Gasteiger partial charge >= 0.3 is 0 Å². The zero-order valence-corrected chi connectivity index (χ0v) is 21.5. The third kappa shape index (κ3) is 5.95. The quantitative estimate of drug-likeness (QED) is 0.201. The molecule has 0 radical (unpaired) electrons. The number of guanidine groups is 1. The lowest BCUT2D eigenvalue weighted by Gasteiger charge is -2.19. The molecule has 5 aromatic rings. The molecular formula is C31H30N6O. The second-order valence-corrected chi connectivity index (χ2v) is 9.18. The van der Waals surface area contributed by atoms with Gasteiger partial charge in [0.2, 0.25) is 17.8 Å². The van der Waals surface area contributed by atoms with Crippen molar-refractivity contribution in [3.8, 4) is 0 Å². The molecule has 0 saturated carbocycles. The Hall–Kier alpha value is -4.78. The van der Waals surface area contributed by atoms with Crippen LogP contribution in [0.25, 0.3) is 10.9 Å². The minimum absolute atomic E-state index is 0.190. The van der Waals surface area contributed by atoms with Crippen LogP contribution in [0.1, 0.15) is 34.0 Å². The number of hydrogen-bond donors (Lipinski definition) is 3. The number of aryl methyl sites for hydroxylation is 2. The minimum Gasteiger partial charge on any atom is -0.361 e. The van der Waals surface area contributed by atoms with E-state index in [1.807, 2.05) is 98.9 Å². The Labute approximate surface area is 222 Å². The zero-order chi connectivity index (χ0) is 26.3. The number of hydrogen-bond acceptors (Lipinski definition) is 4. The molecule has 7 nitrogen and oxygen atoms in total. The van der Waals surface area contributed by atoms with Gasteiger partial charge in [-0.25, -0.2) is 9.97 Å². The molecule has 0 aliphatic carbocycles. The van der Waals surface area contributed by atoms with E-state index < -0.39 is 5.92 Å². The lowest BCUT2D eigenvalue weighted by Crippen LogP contribution is -2.40. The number of aromatic amines is 1. The van der Waals surface area contributed by atoms with Crippen molar-refractivity contribution in [1.82, 2.24) is 20.3 Å². The third-order valence-electron chi connectivity index (χ3n) is 6.31. The van der Waals surface area contributed by atoms with Crippen LogP contribution in [0.3, 0.4) is 0 Å². The molecule has 5 rings (SSSR count). The van der Waals surface area contributed by atoms with E-state index in [9.17, 15) is 4.79 Å². The van der Waals surface area contributed by atoms with Crippen molar-refractivity contribution >= 4 is 28.7 Å². The summed E-state index contributed by atoms with van der Waals surface area (Å²) in [5, 5.41) is 7.36. The predicted molar refractivity (Wildman–Crippen MR) is 152 cm³/mol. The number of aliphatic imine (C=N–C) groups is 1. The Morgan fingerprint density at radius 1 is 0.868 bits per heavy atom. The molecule has 3 aromatic carbocycles. The number of H-pyrrole nitrogens is 1. The Morgan fingerprint density at radius 2 is 1.47 bits per heavy atom. The van der Waals surface area contributed by atoms with Gasteiger partial charge in [0.1, 0.15) is 0 Å². The van der Waals surface area contributed by atoms with Gasteiger partial charge in [0, 0.05) is 35.0 Å². The second-order valence-electron chi connectivity index (χ2n) is 9.18. The number of carbonyl (C=O) groups is 1. The van der Waals surface area contributed by atoms with Crippen LogP contribution >= 0.6 is 0 Å². The lowest BCUT2D eigenvalue weighted by atomic mass is 9.90. The van der Waals surface area contributed by atoms with Crippen LogP contribution < -0.4 is 10.6 Å². The maximum Gasteiger partial charge on any atom is 0.238 e. The molecule has 0 spiro atoms. The first-order valence-corrected chi connectivity index (χ1v) is 12.7. The monoisotopic (exact) mass is 502 g/mol. The number of aromatic nitrogens is 3. The van der Waals surface area contributed by atoms with Crippen LogP contribution in [0.15, 0.2) is 102 Å². The van der Waals surface area contributed by atoms with Gasteiger partial charge in [-0.05, 0) is 49.1 Å². The number of nitrogens with zero attached hydrogens (tertiary/aromatic N) is 3. The molecule has 0 atom stereocenters. The molecule has 3 N–H and O–H groups in total. The highest BCUT2D eigenvalue weighted by Crippen LogP contribution is 2.25. The average molecular weight is 503 g/mol. The number of fused-ring (bicyclic) bond motifs is 1. The molecule has 2 heterocycles. The topological polar surface area (TPSA) is 95.1 Å². The summed E-state index contributed by atoms with van der Waals surface area (Å²) < 4.78 is 0. The Balaban J connectivity index is 1.42. The van der Waals surface area contributed by atoms with E-state index in [2.05, 4.69) is 37.7 Å². The Bertz CT molecular complexity index is 1500. The van der Waals surface area contributed by atoms with Crippen molar-refractivity contribution in [3.05, 3.63) is 125 Å². The van der Waals surface area contributed by atoms with Gasteiger partial charge in [0.05, 0.1) is 5.92 Å². The van der Waals surface area contributed by atoms with Gasteiger partial charge in [0.25, 0.3) is 0 Å². The third-order valence-corrected chi connectivity index (χ3v) is 6.31. The van der Waals surface area contributed by atoms with Crippen molar-refractivity contribution in [2.24, 2.45) is 4.99 Å². The number of carbonyl (C=O) groups excluding carboxylic acids is 1. The van der Waals surface area contributed by atoms with E-state index in [1.165, 1.54) is 10.9 Å². The van der Waals surface area contributed by atoms with E-state index in [-0.39, 0.29) is 5.91 Å². The number of benzene rings is 3. The fourth-order valence-electron chi connectivity index (χ4n) is 4.60. The first kappa shape index (κ1) is 24.9. The van der Waals surface area contributed by atoms with E-state index in [1.54, 1.807) is 0 Å². The van der Waals surface area contributed by atoms with Crippen molar-refractivity contribution < 1.29 is 4.79 Å². The van der Waals surface area contributed by atoms with E-state index >= 15 is 0 Å². The fourth-order valence-corrected chi connectivity index (χ4v) is 4.60. The summed E-state index contributed by atoms with van der Waals surface area (Å²) in [6.07, 6.45) is 2.72. The number of anilines is 1. The number of rotatable bonds is 7. The van der Waals surface area contributed by atoms with Crippen molar-refractivity contribution in [2.45, 2.75) is 26.2 Å². The highest BCUT2D eigenvalue weighted by Gasteiger charge is 2.24. The maximum absolute atomic E-state index is 13.8. The molecule has 1 amide bonds. The summed E-state index contributed by atoms with van der Waals surface area (Å²) >= 11 is 0. The largest absolute Gasteiger partial charge is 0.361 e. The van der Waals surface area contributed by atoms with Crippen LogP contribution in [0.2, 0.25) is 0 Å². The maximum atomic E-state index is 13.8. The standard InChI is InChI=1S/C31H30N6O/c1-21-19-22(2)35-31(34-21)37-30(32-18-17-25-20-33-27-16-10-9-15-26(25)27)36-29(38)28(23-11-5-3-6-12-23)24-13-7-4-8-14-24/h3-16,19-20,28,33H,17-18H2,1-2H3,(H2,32,34,35,36,37,38). The van der Waals surface area contributed by atoms with E-state index in [0.29, 0.717) is 24.9 Å². The molecule has 0 aliphatic rings. The van der Waals surface area contributed by atoms with Gasteiger partial charge < -0.3 is 4.98 Å². The van der Waals surface area contributed by atoms with Crippen LogP contribution in [0.4, 0.5) is 5.95 Å². The lowest BCUT2D eigenvalue weighted by molar-refractivity contribution is -0.120. The second kappa shape index (κ2) is 11.5. The first-order valence-electron chi connectivity index (χ1n) is 12.7. The molecule has 2 aromatic heterocycles. The van der Waals surface area contributed by atoms with E-state index in [4.69, 9.17) is 4.99 Å². The number of para-hydroxylation sites is 1. The summed E-state index contributed by atoms with van der Waals surface area (Å²) in [4.78, 5) is 30.8. The smallest absolute Gasteiger partial charge is 0.238 e. The SMILES string of the molecule is Cc1cc(C)nc(NC(=NCCc2c[nH]c3ccccc23)NC(=O)C(c2ccccc2)c2ccccc2)n1. The summed E-state index contributed by atoms with van der Waals surface area (Å²) in [5.41, 5.74) is 5.72. The van der Waals surface area contributed by atoms with Crippen molar-refractivity contribution in [2.75, 3.05) is 11.9 Å². The van der Waals surface area contributed by atoms with Crippen molar-refractivity contribution in [1.29, 1.82) is 0 Å². The molecule has 190 valence electrons. The minimum atomic E-state index is -0.502. The van der Waals surface area contributed by atoms with Crippen LogP contribution in [-0.2, 0) is 11.2 Å². The summed E-state index contributed by atoms with van der Waals surface area (Å²) in [6.45, 7) is 4.29. The van der Waals surface area contributed by atoms with Crippen LogP contribution in [-0.4, -0.2) is 33.4 Å². The molecule has 0 fully saturated rings. The molecule has 38 heavy (non-hydrogen) atoms. The summed E-state index contributed by atoms with van der Waals surface area (Å²) in [5.74, 6) is 0.0182. The predicted octanol–water partition coefficient (Wildman–Crippen LogP) is 5.53. The average Bonchev–Trinajstić information content (AvgIpc) is 3.32. The fraction of sp³-hybridized carbons (Fsp3) is 0.161. The van der Waals surface area contributed by atoms with Crippen molar-refractivity contribution in [3.63, 3.8) is 0 Å².